The summed E-state index contributed by atoms with van der Waals surface area (Å²) < 4.78 is 5.89. The predicted molar refractivity (Wildman–Crippen MR) is 250 cm³/mol. The normalized spacial score (nSPS) is 13.9. The van der Waals surface area contributed by atoms with Gasteiger partial charge in [-0.15, -0.1) is 0 Å². The third-order valence-electron chi connectivity index (χ3n) is 10.5. The van der Waals surface area contributed by atoms with Crippen molar-refractivity contribution in [3.8, 4) is 0 Å². The van der Waals surface area contributed by atoms with Crippen molar-refractivity contribution in [3.05, 3.63) is 72.9 Å². The highest BCUT2D eigenvalue weighted by molar-refractivity contribution is 5.77. The van der Waals surface area contributed by atoms with Gasteiger partial charge in [0.2, 0.25) is 5.91 Å². The molecule has 0 aliphatic rings. The third kappa shape index (κ3) is 40.1. The lowest BCUT2D eigenvalue weighted by Crippen LogP contribution is -2.46. The van der Waals surface area contributed by atoms with E-state index in [4.69, 9.17) is 4.74 Å². The predicted octanol–water partition coefficient (Wildman–Crippen LogP) is 14.2. The van der Waals surface area contributed by atoms with Gasteiger partial charge in [0.1, 0.15) is 6.10 Å². The summed E-state index contributed by atoms with van der Waals surface area (Å²) in [7, 11) is 0. The summed E-state index contributed by atoms with van der Waals surface area (Å²) in [6.07, 6.45) is 56.7. The van der Waals surface area contributed by atoms with Crippen LogP contribution in [0.1, 0.15) is 220 Å². The number of allylic oxidation sites excluding steroid dienone is 12. The van der Waals surface area contributed by atoms with Gasteiger partial charge >= 0.3 is 5.97 Å². The molecule has 6 nitrogen and oxygen atoms in total. The van der Waals surface area contributed by atoms with Crippen LogP contribution < -0.4 is 5.32 Å². The average Bonchev–Trinajstić information content (AvgIpc) is 3.22. The van der Waals surface area contributed by atoms with E-state index in [1.807, 2.05) is 0 Å². The van der Waals surface area contributed by atoms with Gasteiger partial charge in [0.25, 0.3) is 0 Å². The van der Waals surface area contributed by atoms with Crippen molar-refractivity contribution in [1.29, 1.82) is 0 Å². The number of nitrogens with one attached hydrogen (secondary N) is 1. The van der Waals surface area contributed by atoms with Crippen molar-refractivity contribution in [2.75, 3.05) is 6.61 Å². The highest BCUT2D eigenvalue weighted by atomic mass is 16.5. The highest BCUT2D eigenvalue weighted by Crippen LogP contribution is 2.16. The molecule has 1 amide bonds. The minimum Gasteiger partial charge on any atom is -0.462 e. The summed E-state index contributed by atoms with van der Waals surface area (Å²) in [5, 5.41) is 23.6. The van der Waals surface area contributed by atoms with Crippen LogP contribution in [-0.4, -0.2) is 46.9 Å². The molecule has 3 atom stereocenters. The van der Waals surface area contributed by atoms with Gasteiger partial charge in [-0.25, -0.2) is 0 Å². The fourth-order valence-corrected chi connectivity index (χ4v) is 6.86. The quantitative estimate of drug-likeness (QED) is 0.0324. The Balaban J connectivity index is 4.73. The first-order valence-electron chi connectivity index (χ1n) is 24.2. The van der Waals surface area contributed by atoms with E-state index in [9.17, 15) is 19.8 Å². The molecule has 3 unspecified atom stereocenters. The van der Waals surface area contributed by atoms with Crippen molar-refractivity contribution in [2.45, 2.75) is 238 Å². The van der Waals surface area contributed by atoms with E-state index >= 15 is 0 Å². The molecule has 0 rings (SSSR count). The number of ether oxygens (including phenoxy) is 1. The molecule has 0 aliphatic heterocycles. The summed E-state index contributed by atoms with van der Waals surface area (Å²) in [5.41, 5.74) is 0. The summed E-state index contributed by atoms with van der Waals surface area (Å²) >= 11 is 0. The molecule has 0 spiro atoms. The fourth-order valence-electron chi connectivity index (χ4n) is 6.86. The Morgan fingerprint density at radius 1 is 0.517 bits per heavy atom. The molecule has 3 N–H and O–H groups in total. The Bertz CT molecular complexity index is 1090. The first-order valence-corrected chi connectivity index (χ1v) is 24.2. The molecule has 0 saturated carbocycles. The van der Waals surface area contributed by atoms with E-state index in [1.54, 1.807) is 0 Å². The molecule has 0 saturated heterocycles. The van der Waals surface area contributed by atoms with Gasteiger partial charge in [-0.1, -0.05) is 184 Å². The maximum atomic E-state index is 13.2. The molecule has 0 aromatic carbocycles. The summed E-state index contributed by atoms with van der Waals surface area (Å²) in [6, 6.07) is -0.720. The fraction of sp³-hybridized carbons (Fsp3) is 0.731. The van der Waals surface area contributed by atoms with Gasteiger partial charge in [-0.2, -0.15) is 0 Å². The lowest BCUT2D eigenvalue weighted by atomic mass is 10.0. The zero-order valence-corrected chi connectivity index (χ0v) is 37.9. The summed E-state index contributed by atoms with van der Waals surface area (Å²) in [4.78, 5) is 26.0. The lowest BCUT2D eigenvalue weighted by molar-refractivity contribution is -0.151. The number of rotatable bonds is 42. The van der Waals surface area contributed by atoms with Crippen LogP contribution in [0.2, 0.25) is 0 Å². The van der Waals surface area contributed by atoms with Crippen LogP contribution in [-0.2, 0) is 14.3 Å². The van der Waals surface area contributed by atoms with Crippen LogP contribution in [0.25, 0.3) is 0 Å². The number of carbonyl (C=O) groups is 2. The zero-order chi connectivity index (χ0) is 42.4. The number of hydrogen-bond donors (Lipinski definition) is 3. The second kappa shape index (κ2) is 45.4. The van der Waals surface area contributed by atoms with Gasteiger partial charge in [-0.05, 0) is 96.3 Å². The number of hydrogen-bond acceptors (Lipinski definition) is 5. The van der Waals surface area contributed by atoms with Gasteiger partial charge in [0.15, 0.2) is 0 Å². The second-order valence-corrected chi connectivity index (χ2v) is 16.1. The topological polar surface area (TPSA) is 95.9 Å². The first-order chi connectivity index (χ1) is 28.5. The van der Waals surface area contributed by atoms with Crippen molar-refractivity contribution < 1.29 is 24.5 Å². The first kappa shape index (κ1) is 55.3. The zero-order valence-electron chi connectivity index (χ0n) is 37.9. The highest BCUT2D eigenvalue weighted by Gasteiger charge is 2.24. The van der Waals surface area contributed by atoms with E-state index in [1.165, 1.54) is 70.6 Å². The van der Waals surface area contributed by atoms with Crippen molar-refractivity contribution in [2.24, 2.45) is 0 Å². The molecule has 6 heteroatoms. The van der Waals surface area contributed by atoms with Gasteiger partial charge < -0.3 is 20.3 Å². The summed E-state index contributed by atoms with van der Waals surface area (Å²) in [5.74, 6) is -0.543. The monoisotopic (exact) mass is 810 g/mol. The van der Waals surface area contributed by atoms with Crippen LogP contribution >= 0.6 is 0 Å². The van der Waals surface area contributed by atoms with E-state index in [0.717, 1.165) is 103 Å². The molecule has 0 radical (unpaired) electrons. The Labute approximate surface area is 358 Å². The number of aliphatic hydroxyl groups is 2. The number of amides is 1. The molecular formula is C52H91NO5. The third-order valence-corrected chi connectivity index (χ3v) is 10.5. The molecular weight excluding hydrogens is 719 g/mol. The lowest BCUT2D eigenvalue weighted by Gasteiger charge is -2.24. The minimum atomic E-state index is -0.803. The van der Waals surface area contributed by atoms with E-state index in [0.29, 0.717) is 19.3 Å². The summed E-state index contributed by atoms with van der Waals surface area (Å²) in [6.45, 7) is 6.30. The maximum Gasteiger partial charge on any atom is 0.306 e. The molecule has 0 bridgehead atoms. The standard InChI is InChI=1S/C52H91NO5/c1-4-7-10-13-16-19-22-24-26-27-29-31-34-37-40-43-48(58-52(57)45-42-39-36-33-30-28-25-23-20-17-14-11-8-5-2)46-51(56)53-49(47-54)50(55)44-41-38-35-32-21-18-15-12-9-6-3/h8,11,16-17,19-20,24-26,28-29,31,48-50,54-55H,4-7,9-10,12-15,18,21-23,27,30,32-47H2,1-3H3,(H,53,56)/b11-8+,19-16-,20-17+,26-24-,28-25+,31-29-. The number of esters is 1. The largest absolute Gasteiger partial charge is 0.462 e. The Morgan fingerprint density at radius 2 is 0.931 bits per heavy atom. The minimum absolute atomic E-state index is 0.0395. The van der Waals surface area contributed by atoms with E-state index in [2.05, 4.69) is 99.0 Å². The van der Waals surface area contributed by atoms with Crippen molar-refractivity contribution in [1.82, 2.24) is 5.32 Å². The Kier molecular flexibility index (Phi) is 43.3. The van der Waals surface area contributed by atoms with E-state index in [-0.39, 0.29) is 24.9 Å². The number of unbranched alkanes of at least 4 members (excludes halogenated alkanes) is 18. The average molecular weight is 810 g/mol. The molecule has 0 fully saturated rings. The number of aliphatic hydroxyl groups excluding tert-OH is 2. The Morgan fingerprint density at radius 3 is 1.47 bits per heavy atom. The molecule has 0 aromatic heterocycles. The maximum absolute atomic E-state index is 13.2. The molecule has 58 heavy (non-hydrogen) atoms. The van der Waals surface area contributed by atoms with E-state index < -0.39 is 18.2 Å². The van der Waals surface area contributed by atoms with Crippen LogP contribution in [0.15, 0.2) is 72.9 Å². The smallest absolute Gasteiger partial charge is 0.306 e. The van der Waals surface area contributed by atoms with Crippen LogP contribution in [0, 0.1) is 0 Å². The molecule has 0 aromatic rings. The van der Waals surface area contributed by atoms with Gasteiger partial charge in [0.05, 0.1) is 25.2 Å². The van der Waals surface area contributed by atoms with Crippen LogP contribution in [0.4, 0.5) is 0 Å². The SMILES string of the molecule is CC/C=C/C/C=C/C/C=C/CCCCCCC(=O)OC(CCCC/C=C\C/C=C\C/C=C\CCCCC)CC(=O)NC(CO)C(O)CCCCCCCCCCCC. The van der Waals surface area contributed by atoms with Crippen LogP contribution in [0.5, 0.6) is 0 Å². The van der Waals surface area contributed by atoms with Crippen molar-refractivity contribution in [3.63, 3.8) is 0 Å². The number of carbonyl (C=O) groups excluding carboxylic acids is 2. The van der Waals surface area contributed by atoms with Gasteiger partial charge in [-0.3, -0.25) is 9.59 Å². The molecule has 0 heterocycles. The molecule has 0 aliphatic carbocycles. The Hall–Kier alpha value is -2.70. The van der Waals surface area contributed by atoms with Gasteiger partial charge in [0, 0.05) is 6.42 Å². The second-order valence-electron chi connectivity index (χ2n) is 16.1. The van der Waals surface area contributed by atoms with Crippen LogP contribution in [0.3, 0.4) is 0 Å². The molecule has 334 valence electrons. The van der Waals surface area contributed by atoms with Crippen molar-refractivity contribution >= 4 is 11.9 Å².